The van der Waals surface area contributed by atoms with Crippen molar-refractivity contribution >= 4 is 29.6 Å². The molecule has 0 aliphatic carbocycles. The minimum Gasteiger partial charge on any atom is -0.480 e. The number of benzene rings is 1. The summed E-state index contributed by atoms with van der Waals surface area (Å²) in [5.74, 6) is -1.75. The highest BCUT2D eigenvalue weighted by atomic mass is 35.5. The molecule has 2 rings (SSSR count). The molecule has 7 nitrogen and oxygen atoms in total. The number of carbonyl (C=O) groups excluding carboxylic acids is 2. The lowest BCUT2D eigenvalue weighted by Crippen LogP contribution is -2.58. The summed E-state index contributed by atoms with van der Waals surface area (Å²) in [5.41, 5.74) is 0.518. The summed E-state index contributed by atoms with van der Waals surface area (Å²) in [5, 5.41) is 12.4. The maximum Gasteiger partial charge on any atom is 0.412 e. The molecule has 0 aromatic heterocycles. The summed E-state index contributed by atoms with van der Waals surface area (Å²) >= 11 is 5.83. The Balaban J connectivity index is 2.38. The first-order valence-corrected chi connectivity index (χ1v) is 7.15. The number of halogens is 1. The lowest BCUT2D eigenvalue weighted by Gasteiger charge is -2.39. The fourth-order valence-corrected chi connectivity index (χ4v) is 2.39. The molecule has 1 aliphatic heterocycles. The van der Waals surface area contributed by atoms with Gasteiger partial charge in [0.15, 0.2) is 0 Å². The molecule has 1 aliphatic rings. The molecule has 1 aromatic carbocycles. The van der Waals surface area contributed by atoms with Crippen LogP contribution in [0, 0.1) is 0 Å². The average molecular weight is 339 g/mol. The van der Waals surface area contributed by atoms with Gasteiger partial charge >= 0.3 is 12.1 Å². The highest BCUT2D eigenvalue weighted by molar-refractivity contribution is 6.30. The molecule has 2 N–H and O–H groups in total. The maximum atomic E-state index is 12.2. The van der Waals surface area contributed by atoms with Gasteiger partial charge in [0.25, 0.3) is 0 Å². The van der Waals surface area contributed by atoms with Gasteiger partial charge in [0.1, 0.15) is 18.8 Å². The lowest BCUT2D eigenvalue weighted by molar-refractivity contribution is -0.150. The Morgan fingerprint density at radius 2 is 2.09 bits per heavy atom. The van der Waals surface area contributed by atoms with Crippen molar-refractivity contribution in [3.63, 3.8) is 0 Å². The fourth-order valence-electron chi connectivity index (χ4n) is 2.27. The minimum atomic E-state index is -1.32. The Kier molecular flexibility index (Phi) is 5.23. The van der Waals surface area contributed by atoms with E-state index in [0.29, 0.717) is 10.6 Å². The highest BCUT2D eigenvalue weighted by Gasteiger charge is 2.43. The van der Waals surface area contributed by atoms with Crippen LogP contribution in [0.15, 0.2) is 36.9 Å². The van der Waals surface area contributed by atoms with E-state index in [2.05, 4.69) is 11.9 Å². The molecule has 2 amide bonds. The number of hydrogen-bond donors (Lipinski definition) is 2. The topological polar surface area (TPSA) is 95.9 Å². The average Bonchev–Trinajstić information content (AvgIpc) is 2.52. The zero-order valence-corrected chi connectivity index (χ0v) is 12.8. The molecule has 2 atom stereocenters. The second-order valence-corrected chi connectivity index (χ2v) is 5.29. The first kappa shape index (κ1) is 16.8. The van der Waals surface area contributed by atoms with Gasteiger partial charge in [-0.05, 0) is 17.7 Å². The maximum absolute atomic E-state index is 12.2. The smallest absolute Gasteiger partial charge is 0.412 e. The number of hydrogen-bond acceptors (Lipinski definition) is 4. The molecule has 1 unspecified atom stereocenters. The molecule has 1 fully saturated rings. The Bertz CT molecular complexity index is 631. The number of nitrogens with one attached hydrogen (secondary N) is 1. The minimum absolute atomic E-state index is 0.0665. The molecule has 0 saturated carbocycles. The van der Waals surface area contributed by atoms with Gasteiger partial charge in [0.05, 0.1) is 6.42 Å². The number of aliphatic carboxylic acids is 1. The van der Waals surface area contributed by atoms with E-state index >= 15 is 0 Å². The number of amides is 2. The number of nitrogens with zero attached hydrogens (tertiary/aromatic N) is 1. The number of ether oxygens (including phenoxy) is 1. The van der Waals surface area contributed by atoms with Gasteiger partial charge in [-0.3, -0.25) is 9.69 Å². The van der Waals surface area contributed by atoms with Gasteiger partial charge in [0.2, 0.25) is 5.91 Å². The van der Waals surface area contributed by atoms with Gasteiger partial charge in [-0.25, -0.2) is 9.59 Å². The molecule has 1 aromatic rings. The van der Waals surface area contributed by atoms with E-state index in [1.165, 1.54) is 6.08 Å². The van der Waals surface area contributed by atoms with Gasteiger partial charge in [0, 0.05) is 5.02 Å². The SMILES string of the molecule is C=CCOC(=O)N1C(c2ccc(Cl)cc2)NC(=O)C[C@H]1C(=O)O. The van der Waals surface area contributed by atoms with E-state index < -0.39 is 30.2 Å². The quantitative estimate of drug-likeness (QED) is 0.818. The molecular formula is C15H15ClN2O5. The van der Waals surface area contributed by atoms with E-state index in [1.54, 1.807) is 24.3 Å². The molecule has 0 radical (unpaired) electrons. The second kappa shape index (κ2) is 7.15. The number of carbonyl (C=O) groups is 3. The molecule has 1 saturated heterocycles. The van der Waals surface area contributed by atoms with Gasteiger partial charge < -0.3 is 15.2 Å². The monoisotopic (exact) mass is 338 g/mol. The van der Waals surface area contributed by atoms with Crippen molar-refractivity contribution in [3.8, 4) is 0 Å². The molecule has 8 heteroatoms. The van der Waals surface area contributed by atoms with E-state index in [-0.39, 0.29) is 13.0 Å². The zero-order valence-electron chi connectivity index (χ0n) is 12.1. The summed E-state index contributed by atoms with van der Waals surface area (Å²) in [7, 11) is 0. The summed E-state index contributed by atoms with van der Waals surface area (Å²) < 4.78 is 4.95. The van der Waals surface area contributed by atoms with E-state index in [1.807, 2.05) is 0 Å². The largest absolute Gasteiger partial charge is 0.480 e. The van der Waals surface area contributed by atoms with E-state index in [9.17, 15) is 19.5 Å². The van der Waals surface area contributed by atoms with Crippen LogP contribution in [0.4, 0.5) is 4.79 Å². The summed E-state index contributed by atoms with van der Waals surface area (Å²) in [6, 6.07) is 5.06. The van der Waals surface area contributed by atoms with Crippen LogP contribution in [0.25, 0.3) is 0 Å². The van der Waals surface area contributed by atoms with Gasteiger partial charge in [-0.1, -0.05) is 36.4 Å². The molecule has 122 valence electrons. The first-order chi connectivity index (χ1) is 10.9. The number of carboxylic acids is 1. The predicted octanol–water partition coefficient (Wildman–Crippen LogP) is 1.94. The number of carboxylic acid groups (broad SMARTS) is 1. The Morgan fingerprint density at radius 1 is 1.43 bits per heavy atom. The molecule has 23 heavy (non-hydrogen) atoms. The summed E-state index contributed by atoms with van der Waals surface area (Å²) in [4.78, 5) is 36.5. The normalized spacial score (nSPS) is 20.6. The van der Waals surface area contributed by atoms with Crippen LogP contribution in [0.5, 0.6) is 0 Å². The van der Waals surface area contributed by atoms with Crippen LogP contribution in [-0.4, -0.2) is 40.6 Å². The van der Waals surface area contributed by atoms with Crippen molar-refractivity contribution in [1.29, 1.82) is 0 Å². The number of rotatable bonds is 4. The third kappa shape index (κ3) is 3.81. The van der Waals surface area contributed by atoms with E-state index in [4.69, 9.17) is 16.3 Å². The predicted molar refractivity (Wildman–Crippen MR) is 81.8 cm³/mol. The van der Waals surface area contributed by atoms with Crippen LogP contribution in [0.3, 0.4) is 0 Å². The van der Waals surface area contributed by atoms with Crippen molar-refractivity contribution in [2.24, 2.45) is 0 Å². The van der Waals surface area contributed by atoms with Crippen LogP contribution in [0.1, 0.15) is 18.2 Å². The molecule has 0 bridgehead atoms. The Morgan fingerprint density at radius 3 is 2.65 bits per heavy atom. The van der Waals surface area contributed by atoms with Crippen molar-refractivity contribution in [2.45, 2.75) is 18.6 Å². The third-order valence-electron chi connectivity index (χ3n) is 3.30. The second-order valence-electron chi connectivity index (χ2n) is 4.85. The molecular weight excluding hydrogens is 324 g/mol. The van der Waals surface area contributed by atoms with Crippen molar-refractivity contribution in [1.82, 2.24) is 10.2 Å². The first-order valence-electron chi connectivity index (χ1n) is 6.77. The van der Waals surface area contributed by atoms with Crippen molar-refractivity contribution in [2.75, 3.05) is 6.61 Å². The molecule has 1 heterocycles. The van der Waals surface area contributed by atoms with Gasteiger partial charge in [-0.15, -0.1) is 0 Å². The summed E-state index contributed by atoms with van der Waals surface area (Å²) in [6.45, 7) is 3.37. The summed E-state index contributed by atoms with van der Waals surface area (Å²) in [6.07, 6.45) is -0.778. The van der Waals surface area contributed by atoms with E-state index in [0.717, 1.165) is 4.90 Å². The highest BCUT2D eigenvalue weighted by Crippen LogP contribution is 2.28. The van der Waals surface area contributed by atoms with Crippen LogP contribution in [-0.2, 0) is 14.3 Å². The Labute approximate surface area is 137 Å². The lowest BCUT2D eigenvalue weighted by atomic mass is 10.0. The van der Waals surface area contributed by atoms with Crippen molar-refractivity contribution < 1.29 is 24.2 Å². The molecule has 0 spiro atoms. The van der Waals surface area contributed by atoms with Crippen LogP contribution >= 0.6 is 11.6 Å². The van der Waals surface area contributed by atoms with Crippen molar-refractivity contribution in [3.05, 3.63) is 47.5 Å². The zero-order chi connectivity index (χ0) is 17.0. The fraction of sp³-hybridized carbons (Fsp3) is 0.267. The standard InChI is InChI=1S/C15H15ClN2O5/c1-2-7-23-15(22)18-11(14(20)21)8-12(19)17-13(18)9-3-5-10(16)6-4-9/h2-6,11,13H,1,7-8H2,(H,17,19)(H,20,21)/t11-,13?/m0/s1. The van der Waals surface area contributed by atoms with Crippen LogP contribution < -0.4 is 5.32 Å². The third-order valence-corrected chi connectivity index (χ3v) is 3.55. The van der Waals surface area contributed by atoms with Crippen LogP contribution in [0.2, 0.25) is 5.02 Å². The van der Waals surface area contributed by atoms with Gasteiger partial charge in [-0.2, -0.15) is 0 Å². The Hall–Kier alpha value is -2.54.